The van der Waals surface area contributed by atoms with E-state index in [0.29, 0.717) is 0 Å². The van der Waals surface area contributed by atoms with E-state index in [1.54, 1.807) is 0 Å². The highest BCUT2D eigenvalue weighted by Gasteiger charge is 2.44. The molecule has 0 radical (unpaired) electrons. The first-order chi connectivity index (χ1) is 11.4. The summed E-state index contributed by atoms with van der Waals surface area (Å²) in [5.74, 6) is 0. The monoisotopic (exact) mass is 299 g/mol. The summed E-state index contributed by atoms with van der Waals surface area (Å²) in [6.45, 7) is 2.28. The Labute approximate surface area is 138 Å². The van der Waals surface area contributed by atoms with E-state index in [-0.39, 0.29) is 5.54 Å². The summed E-state index contributed by atoms with van der Waals surface area (Å²) in [6, 6.07) is 32.8. The van der Waals surface area contributed by atoms with Gasteiger partial charge in [-0.05, 0) is 23.1 Å². The van der Waals surface area contributed by atoms with Crippen molar-refractivity contribution >= 4 is 0 Å². The zero-order valence-corrected chi connectivity index (χ0v) is 13.2. The van der Waals surface area contributed by atoms with Crippen molar-refractivity contribution in [3.05, 3.63) is 108 Å². The lowest BCUT2D eigenvalue weighted by atomic mass is 9.74. The standard InChI is InChI=1S/C22H21N/c1-4-11-19(12-5-1)22(23-17-10-18-23,20-13-6-2-7-14-20)21-15-8-3-9-16-21/h1-9,11-16H,10,17-18H2. The second-order valence-electron chi connectivity index (χ2n) is 6.15. The average molecular weight is 299 g/mol. The van der Waals surface area contributed by atoms with Crippen LogP contribution in [0.15, 0.2) is 91.0 Å². The minimum Gasteiger partial charge on any atom is -0.286 e. The van der Waals surface area contributed by atoms with Crippen LogP contribution < -0.4 is 0 Å². The van der Waals surface area contributed by atoms with E-state index in [4.69, 9.17) is 0 Å². The molecule has 0 atom stereocenters. The van der Waals surface area contributed by atoms with Gasteiger partial charge in [-0.1, -0.05) is 91.0 Å². The van der Waals surface area contributed by atoms with E-state index in [1.165, 1.54) is 23.1 Å². The van der Waals surface area contributed by atoms with E-state index in [2.05, 4.69) is 95.9 Å². The Morgan fingerprint density at radius 3 is 1.13 bits per heavy atom. The van der Waals surface area contributed by atoms with Gasteiger partial charge in [-0.3, -0.25) is 4.90 Å². The molecular weight excluding hydrogens is 278 g/mol. The number of likely N-dealkylation sites (tertiary alicyclic amines) is 1. The maximum absolute atomic E-state index is 2.60. The molecule has 23 heavy (non-hydrogen) atoms. The number of benzene rings is 3. The summed E-state index contributed by atoms with van der Waals surface area (Å²) >= 11 is 0. The zero-order valence-electron chi connectivity index (χ0n) is 13.2. The quantitative estimate of drug-likeness (QED) is 0.632. The Balaban J connectivity index is 2.02. The third-order valence-electron chi connectivity index (χ3n) is 4.91. The lowest BCUT2D eigenvalue weighted by Gasteiger charge is -2.50. The summed E-state index contributed by atoms with van der Waals surface area (Å²) in [6.07, 6.45) is 1.27. The van der Waals surface area contributed by atoms with Gasteiger partial charge in [-0.15, -0.1) is 0 Å². The highest BCUT2D eigenvalue weighted by atomic mass is 15.2. The van der Waals surface area contributed by atoms with E-state index in [0.717, 1.165) is 13.1 Å². The molecule has 114 valence electrons. The fourth-order valence-electron chi connectivity index (χ4n) is 3.74. The van der Waals surface area contributed by atoms with Crippen LogP contribution >= 0.6 is 0 Å². The van der Waals surface area contributed by atoms with Crippen molar-refractivity contribution in [2.24, 2.45) is 0 Å². The van der Waals surface area contributed by atoms with Gasteiger partial charge in [-0.2, -0.15) is 0 Å². The predicted octanol–water partition coefficient (Wildman–Crippen LogP) is 4.68. The minimum atomic E-state index is -0.192. The van der Waals surface area contributed by atoms with Gasteiger partial charge in [0.1, 0.15) is 0 Å². The van der Waals surface area contributed by atoms with Gasteiger partial charge in [0, 0.05) is 13.1 Å². The van der Waals surface area contributed by atoms with Crippen LogP contribution in [0.4, 0.5) is 0 Å². The fourth-order valence-corrected chi connectivity index (χ4v) is 3.74. The lowest BCUT2D eigenvalue weighted by Crippen LogP contribution is -2.54. The van der Waals surface area contributed by atoms with Crippen molar-refractivity contribution < 1.29 is 0 Å². The molecular formula is C22H21N. The molecule has 1 fully saturated rings. The molecule has 1 saturated heterocycles. The molecule has 0 saturated carbocycles. The second-order valence-corrected chi connectivity index (χ2v) is 6.15. The van der Waals surface area contributed by atoms with Crippen LogP contribution in [0.3, 0.4) is 0 Å². The number of nitrogens with zero attached hydrogens (tertiary/aromatic N) is 1. The summed E-state index contributed by atoms with van der Waals surface area (Å²) < 4.78 is 0. The van der Waals surface area contributed by atoms with Gasteiger partial charge in [0.05, 0.1) is 5.54 Å². The van der Waals surface area contributed by atoms with Crippen LogP contribution in [0.2, 0.25) is 0 Å². The van der Waals surface area contributed by atoms with Gasteiger partial charge in [0.15, 0.2) is 0 Å². The fraction of sp³-hybridized carbons (Fsp3) is 0.182. The van der Waals surface area contributed by atoms with Gasteiger partial charge in [-0.25, -0.2) is 0 Å². The Morgan fingerprint density at radius 1 is 0.522 bits per heavy atom. The summed E-state index contributed by atoms with van der Waals surface area (Å²) in [5, 5.41) is 0. The van der Waals surface area contributed by atoms with Crippen LogP contribution in [-0.4, -0.2) is 18.0 Å². The Bertz CT molecular complexity index is 649. The van der Waals surface area contributed by atoms with Gasteiger partial charge in [0.2, 0.25) is 0 Å². The molecule has 0 unspecified atom stereocenters. The normalized spacial score (nSPS) is 15.1. The van der Waals surface area contributed by atoms with E-state index >= 15 is 0 Å². The largest absolute Gasteiger partial charge is 0.286 e. The summed E-state index contributed by atoms with van der Waals surface area (Å²) in [4.78, 5) is 2.60. The zero-order chi connectivity index (χ0) is 15.5. The molecule has 0 amide bonds. The van der Waals surface area contributed by atoms with Crippen LogP contribution in [0, 0.1) is 0 Å². The van der Waals surface area contributed by atoms with E-state index in [9.17, 15) is 0 Å². The first kappa shape index (κ1) is 14.2. The highest BCUT2D eigenvalue weighted by molar-refractivity contribution is 5.50. The summed E-state index contributed by atoms with van der Waals surface area (Å²) in [7, 11) is 0. The third kappa shape index (κ3) is 2.29. The van der Waals surface area contributed by atoms with E-state index < -0.39 is 0 Å². The molecule has 3 aromatic rings. The van der Waals surface area contributed by atoms with Crippen molar-refractivity contribution in [2.75, 3.05) is 13.1 Å². The molecule has 1 aliphatic rings. The van der Waals surface area contributed by atoms with Gasteiger partial charge < -0.3 is 0 Å². The predicted molar refractivity (Wildman–Crippen MR) is 95.4 cm³/mol. The first-order valence-corrected chi connectivity index (χ1v) is 8.34. The van der Waals surface area contributed by atoms with Crippen LogP contribution in [0.5, 0.6) is 0 Å². The van der Waals surface area contributed by atoms with Crippen LogP contribution in [0.25, 0.3) is 0 Å². The number of hydrogen-bond acceptors (Lipinski definition) is 1. The molecule has 1 nitrogen and oxygen atoms in total. The molecule has 0 N–H and O–H groups in total. The van der Waals surface area contributed by atoms with Crippen molar-refractivity contribution in [3.8, 4) is 0 Å². The maximum atomic E-state index is 2.60. The van der Waals surface area contributed by atoms with Crippen LogP contribution in [-0.2, 0) is 5.54 Å². The SMILES string of the molecule is c1ccc(C(c2ccccc2)(c2ccccc2)N2CCC2)cc1. The minimum absolute atomic E-state index is 0.192. The topological polar surface area (TPSA) is 3.24 Å². The molecule has 3 aromatic carbocycles. The molecule has 0 spiro atoms. The van der Waals surface area contributed by atoms with Gasteiger partial charge in [0.25, 0.3) is 0 Å². The number of rotatable bonds is 4. The van der Waals surface area contributed by atoms with Crippen molar-refractivity contribution in [1.82, 2.24) is 4.90 Å². The molecule has 0 aromatic heterocycles. The molecule has 1 heteroatoms. The first-order valence-electron chi connectivity index (χ1n) is 8.34. The molecule has 1 aliphatic heterocycles. The van der Waals surface area contributed by atoms with Crippen LogP contribution in [0.1, 0.15) is 23.1 Å². The van der Waals surface area contributed by atoms with Crippen molar-refractivity contribution in [3.63, 3.8) is 0 Å². The number of hydrogen-bond donors (Lipinski definition) is 0. The molecule has 1 heterocycles. The summed E-state index contributed by atoms with van der Waals surface area (Å²) in [5.41, 5.74) is 3.84. The molecule has 4 rings (SSSR count). The van der Waals surface area contributed by atoms with E-state index in [1.807, 2.05) is 0 Å². The Morgan fingerprint density at radius 2 is 0.870 bits per heavy atom. The molecule has 0 bridgehead atoms. The Hall–Kier alpha value is -2.38. The lowest BCUT2D eigenvalue weighted by molar-refractivity contribution is 0.0840. The van der Waals surface area contributed by atoms with Gasteiger partial charge >= 0.3 is 0 Å². The Kier molecular flexibility index (Phi) is 3.72. The second kappa shape index (κ2) is 6.02. The third-order valence-corrected chi connectivity index (χ3v) is 4.91. The van der Waals surface area contributed by atoms with Crippen molar-refractivity contribution in [2.45, 2.75) is 12.0 Å². The smallest absolute Gasteiger partial charge is 0.0972 e. The molecule has 0 aliphatic carbocycles. The maximum Gasteiger partial charge on any atom is 0.0972 e. The van der Waals surface area contributed by atoms with Crippen molar-refractivity contribution in [1.29, 1.82) is 0 Å². The highest BCUT2D eigenvalue weighted by Crippen LogP contribution is 2.44. The average Bonchev–Trinajstić information content (AvgIpc) is 2.60.